The summed E-state index contributed by atoms with van der Waals surface area (Å²) in [6.45, 7) is 0.137. The molecule has 2 aromatic rings. The number of hydrogen-bond donors (Lipinski definition) is 2. The van der Waals surface area contributed by atoms with E-state index in [1.807, 2.05) is 0 Å². The Balaban J connectivity index is 2.05. The van der Waals surface area contributed by atoms with Gasteiger partial charge in [0.15, 0.2) is 11.5 Å². The zero-order chi connectivity index (χ0) is 24.4. The Morgan fingerprint density at radius 1 is 1.00 bits per heavy atom. The van der Waals surface area contributed by atoms with Crippen LogP contribution in [0.5, 0.6) is 17.2 Å². The minimum Gasteiger partial charge on any atom is -0.497 e. The van der Waals surface area contributed by atoms with Crippen molar-refractivity contribution in [1.29, 1.82) is 0 Å². The lowest BCUT2D eigenvalue weighted by molar-refractivity contribution is -0.385. The van der Waals surface area contributed by atoms with Crippen LogP contribution in [-0.2, 0) is 14.8 Å². The van der Waals surface area contributed by atoms with Crippen molar-refractivity contribution in [3.63, 3.8) is 0 Å². The summed E-state index contributed by atoms with van der Waals surface area (Å²) < 4.78 is 47.4. The van der Waals surface area contributed by atoms with Gasteiger partial charge >= 0.3 is 0 Å². The van der Waals surface area contributed by atoms with Crippen LogP contribution >= 0.6 is 0 Å². The molecule has 0 aliphatic heterocycles. The van der Waals surface area contributed by atoms with E-state index in [1.165, 1.54) is 51.7 Å². The maximum atomic E-state index is 12.6. The van der Waals surface area contributed by atoms with Gasteiger partial charge in [0, 0.05) is 26.3 Å². The molecule has 0 aliphatic rings. The van der Waals surface area contributed by atoms with E-state index in [2.05, 4.69) is 10.0 Å². The zero-order valence-corrected chi connectivity index (χ0v) is 19.1. The van der Waals surface area contributed by atoms with Crippen LogP contribution in [-0.4, -0.2) is 66.9 Å². The maximum Gasteiger partial charge on any atom is 0.286 e. The Labute approximate surface area is 191 Å². The molecule has 180 valence electrons. The normalized spacial score (nSPS) is 11.0. The van der Waals surface area contributed by atoms with Crippen molar-refractivity contribution in [3.8, 4) is 17.2 Å². The van der Waals surface area contributed by atoms with Gasteiger partial charge in [-0.25, -0.2) is 13.1 Å². The van der Waals surface area contributed by atoms with Crippen LogP contribution in [0.3, 0.4) is 0 Å². The van der Waals surface area contributed by atoms with Gasteiger partial charge in [0.1, 0.15) is 17.9 Å². The van der Waals surface area contributed by atoms with Crippen LogP contribution in [0.25, 0.3) is 0 Å². The average molecular weight is 483 g/mol. The second-order valence-corrected chi connectivity index (χ2v) is 8.21. The highest BCUT2D eigenvalue weighted by atomic mass is 32.2. The molecule has 0 atom stereocenters. The second kappa shape index (κ2) is 12.0. The van der Waals surface area contributed by atoms with Gasteiger partial charge in [0.25, 0.3) is 11.6 Å². The second-order valence-electron chi connectivity index (χ2n) is 6.45. The number of amides is 1. The summed E-state index contributed by atoms with van der Waals surface area (Å²) in [6, 6.07) is 8.06. The molecule has 0 fully saturated rings. The first-order valence-electron chi connectivity index (χ1n) is 9.63. The first-order chi connectivity index (χ1) is 15.7. The number of benzene rings is 2. The lowest BCUT2D eigenvalue weighted by atomic mass is 10.1. The highest BCUT2D eigenvalue weighted by molar-refractivity contribution is 7.89. The van der Waals surface area contributed by atoms with E-state index in [-0.39, 0.29) is 48.3 Å². The van der Waals surface area contributed by atoms with E-state index in [0.29, 0.717) is 5.75 Å². The predicted molar refractivity (Wildman–Crippen MR) is 118 cm³/mol. The van der Waals surface area contributed by atoms with Crippen molar-refractivity contribution in [1.82, 2.24) is 10.0 Å². The van der Waals surface area contributed by atoms with Crippen molar-refractivity contribution >= 4 is 21.6 Å². The Kier molecular flexibility index (Phi) is 9.39. The summed E-state index contributed by atoms with van der Waals surface area (Å²) in [4.78, 5) is 23.3. The van der Waals surface area contributed by atoms with Gasteiger partial charge in [-0.1, -0.05) is 0 Å². The molecule has 2 N–H and O–H groups in total. The molecule has 0 saturated heterocycles. The molecular weight excluding hydrogens is 458 g/mol. The van der Waals surface area contributed by atoms with E-state index >= 15 is 0 Å². The van der Waals surface area contributed by atoms with Crippen LogP contribution in [0.4, 0.5) is 5.69 Å². The van der Waals surface area contributed by atoms with Gasteiger partial charge in [-0.05, 0) is 24.3 Å². The molecular formula is C20H25N3O9S. The van der Waals surface area contributed by atoms with Gasteiger partial charge in [0.2, 0.25) is 10.0 Å². The number of carbonyl (C=O) groups is 1. The SMILES string of the molecule is COCCOc1cc([N+](=O)[O-])c(C(=O)NCCNS(=O)(=O)c2ccc(OC)cc2)cc1OC. The Bertz CT molecular complexity index is 1070. The Hall–Kier alpha value is -3.42. The molecule has 0 saturated carbocycles. The summed E-state index contributed by atoms with van der Waals surface area (Å²) in [7, 11) is 0.469. The third kappa shape index (κ3) is 7.03. The minimum atomic E-state index is -3.81. The minimum absolute atomic E-state index is 0.0269. The Morgan fingerprint density at radius 2 is 1.70 bits per heavy atom. The van der Waals surface area contributed by atoms with Gasteiger partial charge in [-0.3, -0.25) is 14.9 Å². The van der Waals surface area contributed by atoms with Gasteiger partial charge in [-0.15, -0.1) is 0 Å². The first-order valence-corrected chi connectivity index (χ1v) is 11.1. The third-order valence-corrected chi connectivity index (χ3v) is 5.82. The lowest BCUT2D eigenvalue weighted by Gasteiger charge is -2.13. The van der Waals surface area contributed by atoms with Crippen LogP contribution in [0, 0.1) is 10.1 Å². The predicted octanol–water partition coefficient (Wildman–Crippen LogP) is 1.35. The van der Waals surface area contributed by atoms with Gasteiger partial charge < -0.3 is 24.3 Å². The van der Waals surface area contributed by atoms with Crippen molar-refractivity contribution in [2.24, 2.45) is 0 Å². The highest BCUT2D eigenvalue weighted by Gasteiger charge is 2.25. The number of nitrogens with zero attached hydrogens (tertiary/aromatic N) is 1. The molecule has 0 bridgehead atoms. The number of methoxy groups -OCH3 is 3. The monoisotopic (exact) mass is 483 g/mol. The number of carbonyl (C=O) groups excluding carboxylic acids is 1. The number of nitro groups is 1. The average Bonchev–Trinajstić information content (AvgIpc) is 2.81. The van der Waals surface area contributed by atoms with Crippen molar-refractivity contribution in [3.05, 3.63) is 52.1 Å². The number of nitrogens with one attached hydrogen (secondary N) is 2. The fraction of sp³-hybridized carbons (Fsp3) is 0.350. The van der Waals surface area contributed by atoms with Gasteiger partial charge in [-0.2, -0.15) is 0 Å². The van der Waals surface area contributed by atoms with Crippen molar-refractivity contribution in [2.75, 3.05) is 47.6 Å². The number of nitro benzene ring substituents is 1. The van der Waals surface area contributed by atoms with E-state index in [0.717, 1.165) is 6.07 Å². The molecule has 1 amide bonds. The van der Waals surface area contributed by atoms with Crippen LogP contribution < -0.4 is 24.2 Å². The number of ether oxygens (including phenoxy) is 4. The quantitative estimate of drug-likeness (QED) is 0.244. The largest absolute Gasteiger partial charge is 0.497 e. The van der Waals surface area contributed by atoms with Crippen molar-refractivity contribution < 1.29 is 37.1 Å². The van der Waals surface area contributed by atoms with E-state index in [4.69, 9.17) is 18.9 Å². The van der Waals surface area contributed by atoms with E-state index in [1.54, 1.807) is 0 Å². The fourth-order valence-corrected chi connectivity index (χ4v) is 3.72. The number of rotatable bonds is 13. The van der Waals surface area contributed by atoms with Crippen LogP contribution in [0.15, 0.2) is 41.3 Å². The summed E-state index contributed by atoms with van der Waals surface area (Å²) in [5.74, 6) is -0.0486. The molecule has 2 rings (SSSR count). The molecule has 0 radical (unpaired) electrons. The molecule has 0 aliphatic carbocycles. The summed E-state index contributed by atoms with van der Waals surface area (Å²) in [5.41, 5.74) is -0.742. The maximum absolute atomic E-state index is 12.6. The zero-order valence-electron chi connectivity index (χ0n) is 18.3. The molecule has 0 unspecified atom stereocenters. The fourth-order valence-electron chi connectivity index (χ4n) is 2.68. The number of sulfonamides is 1. The lowest BCUT2D eigenvalue weighted by Crippen LogP contribution is -2.35. The first kappa shape index (κ1) is 25.8. The molecule has 0 spiro atoms. The third-order valence-electron chi connectivity index (χ3n) is 4.34. The standard InChI is InChI=1S/C20H25N3O9S/c1-29-10-11-32-19-13-17(23(25)26)16(12-18(19)31-3)20(24)21-8-9-22-33(27,28)15-6-4-14(30-2)5-7-15/h4-7,12-13,22H,8-11H2,1-3H3,(H,21,24). The van der Waals surface area contributed by atoms with E-state index < -0.39 is 26.5 Å². The van der Waals surface area contributed by atoms with Crippen LogP contribution in [0.2, 0.25) is 0 Å². The summed E-state index contributed by atoms with van der Waals surface area (Å²) in [5, 5.41) is 13.9. The van der Waals surface area contributed by atoms with Crippen molar-refractivity contribution in [2.45, 2.75) is 4.90 Å². The topological polar surface area (TPSA) is 155 Å². The molecule has 33 heavy (non-hydrogen) atoms. The van der Waals surface area contributed by atoms with Gasteiger partial charge in [0.05, 0.1) is 36.7 Å². The molecule has 2 aromatic carbocycles. The molecule has 0 heterocycles. The number of hydrogen-bond acceptors (Lipinski definition) is 9. The highest BCUT2D eigenvalue weighted by Crippen LogP contribution is 2.34. The molecule has 12 nitrogen and oxygen atoms in total. The summed E-state index contributed by atoms with van der Waals surface area (Å²) >= 11 is 0. The molecule has 13 heteroatoms. The summed E-state index contributed by atoms with van der Waals surface area (Å²) in [6.07, 6.45) is 0. The molecule has 0 aromatic heterocycles. The van der Waals surface area contributed by atoms with E-state index in [9.17, 15) is 23.3 Å². The van der Waals surface area contributed by atoms with Crippen LogP contribution in [0.1, 0.15) is 10.4 Å². The smallest absolute Gasteiger partial charge is 0.286 e. The Morgan fingerprint density at radius 3 is 2.27 bits per heavy atom.